The van der Waals surface area contributed by atoms with E-state index in [1.807, 2.05) is 25.1 Å². The molecule has 0 aliphatic carbocycles. The van der Waals surface area contributed by atoms with E-state index in [9.17, 15) is 27.9 Å². The Labute approximate surface area is 215 Å². The van der Waals surface area contributed by atoms with Gasteiger partial charge in [-0.3, -0.25) is 9.59 Å². The average molecular weight is 534 g/mol. The quantitative estimate of drug-likeness (QED) is 0.405. The Morgan fingerprint density at radius 3 is 2.73 bits per heavy atom. The van der Waals surface area contributed by atoms with Crippen LogP contribution in [0.25, 0.3) is 11.3 Å². The Morgan fingerprint density at radius 2 is 2.03 bits per heavy atom. The van der Waals surface area contributed by atoms with Crippen molar-refractivity contribution >= 4 is 29.4 Å². The van der Waals surface area contributed by atoms with Gasteiger partial charge in [0.25, 0.3) is 5.91 Å². The molecule has 8 nitrogen and oxygen atoms in total. The summed E-state index contributed by atoms with van der Waals surface area (Å²) < 4.78 is 37.6. The Kier molecular flexibility index (Phi) is 7.65. The van der Waals surface area contributed by atoms with Crippen LogP contribution >= 0.6 is 11.6 Å². The van der Waals surface area contributed by atoms with Crippen LogP contribution in [-0.4, -0.2) is 57.7 Å². The number of hydrogen-bond donors (Lipinski definition) is 3. The van der Waals surface area contributed by atoms with E-state index in [1.165, 1.54) is 11.1 Å². The second kappa shape index (κ2) is 10.7. The molecule has 0 unspecified atom stereocenters. The normalized spacial score (nSPS) is 13.9. The molecule has 3 N–H and O–H groups in total. The van der Waals surface area contributed by atoms with Gasteiger partial charge in [-0.1, -0.05) is 53.6 Å². The highest BCUT2D eigenvalue weighted by Gasteiger charge is 2.30. The van der Waals surface area contributed by atoms with Gasteiger partial charge >= 0.3 is 6.18 Å². The van der Waals surface area contributed by atoms with Gasteiger partial charge in [-0.15, -0.1) is 0 Å². The molecule has 1 atom stereocenters. The molecule has 2 aromatic carbocycles. The standard InChI is InChI=1S/C25H23ClF3N5O3/c1-14-3-2-4-15(7-14)20(12-35)32-21(36)11-34-10-17-6-5-16(8-18(17)23(34)37)22-19(26)9-30-24(33-22)31-13-25(27,28)29/h2-9,20,35H,10-13H2,1H3,(H,32,36)(H,30,31,33)/t20-/m1/s1. The average Bonchev–Trinajstić information content (AvgIpc) is 3.15. The van der Waals surface area contributed by atoms with Crippen LogP contribution in [0.15, 0.2) is 48.7 Å². The zero-order valence-corrected chi connectivity index (χ0v) is 20.4. The van der Waals surface area contributed by atoms with E-state index in [0.29, 0.717) is 16.7 Å². The number of aliphatic hydroxyl groups is 1. The highest BCUT2D eigenvalue weighted by Crippen LogP contribution is 2.31. The molecule has 3 aromatic rings. The largest absolute Gasteiger partial charge is 0.405 e. The van der Waals surface area contributed by atoms with Crippen molar-refractivity contribution in [2.75, 3.05) is 25.0 Å². The number of halogens is 4. The van der Waals surface area contributed by atoms with Gasteiger partial charge < -0.3 is 20.6 Å². The summed E-state index contributed by atoms with van der Waals surface area (Å²) in [6, 6.07) is 11.7. The molecule has 1 aliphatic heterocycles. The Morgan fingerprint density at radius 1 is 1.24 bits per heavy atom. The summed E-state index contributed by atoms with van der Waals surface area (Å²) in [6.45, 7) is 0.278. The van der Waals surface area contributed by atoms with E-state index in [2.05, 4.69) is 20.6 Å². The summed E-state index contributed by atoms with van der Waals surface area (Å²) in [5.74, 6) is -1.07. The summed E-state index contributed by atoms with van der Waals surface area (Å²) in [4.78, 5) is 34.9. The lowest BCUT2D eigenvalue weighted by Gasteiger charge is -2.20. The molecule has 4 rings (SSSR count). The third-order valence-electron chi connectivity index (χ3n) is 5.75. The summed E-state index contributed by atoms with van der Waals surface area (Å²) in [5.41, 5.74) is 3.33. The number of hydrogen-bond acceptors (Lipinski definition) is 6. The maximum absolute atomic E-state index is 13.0. The van der Waals surface area contributed by atoms with Gasteiger partial charge in [0.05, 0.1) is 29.6 Å². The summed E-state index contributed by atoms with van der Waals surface area (Å²) in [5, 5.41) is 14.7. The van der Waals surface area contributed by atoms with Crippen molar-refractivity contribution in [3.8, 4) is 11.3 Å². The van der Waals surface area contributed by atoms with Crippen LogP contribution in [0.3, 0.4) is 0 Å². The Hall–Kier alpha value is -3.70. The molecule has 1 aliphatic rings. The van der Waals surface area contributed by atoms with E-state index in [4.69, 9.17) is 11.6 Å². The van der Waals surface area contributed by atoms with E-state index in [1.54, 1.807) is 24.3 Å². The lowest BCUT2D eigenvalue weighted by molar-refractivity contribution is -0.123. The minimum atomic E-state index is -4.45. The molecule has 0 bridgehead atoms. The van der Waals surface area contributed by atoms with Crippen LogP contribution in [0.1, 0.15) is 33.1 Å². The first-order valence-electron chi connectivity index (χ1n) is 11.3. The number of nitrogens with zero attached hydrogens (tertiary/aromatic N) is 3. The number of fused-ring (bicyclic) bond motifs is 1. The van der Waals surface area contributed by atoms with E-state index in [-0.39, 0.29) is 42.3 Å². The number of carbonyl (C=O) groups is 2. The third kappa shape index (κ3) is 6.36. The number of aryl methyl sites for hydroxylation is 1. The number of rotatable bonds is 8. The van der Waals surface area contributed by atoms with Gasteiger partial charge in [-0.25, -0.2) is 9.97 Å². The van der Waals surface area contributed by atoms with Crippen LogP contribution in [-0.2, 0) is 11.3 Å². The molecular weight excluding hydrogens is 511 g/mol. The monoisotopic (exact) mass is 533 g/mol. The number of benzene rings is 2. The molecule has 0 saturated heterocycles. The molecule has 1 aromatic heterocycles. The molecule has 194 valence electrons. The van der Waals surface area contributed by atoms with Crippen molar-refractivity contribution in [1.29, 1.82) is 0 Å². The topological polar surface area (TPSA) is 107 Å². The fourth-order valence-corrected chi connectivity index (χ4v) is 4.20. The highest BCUT2D eigenvalue weighted by atomic mass is 35.5. The third-order valence-corrected chi connectivity index (χ3v) is 6.03. The number of alkyl halides is 3. The summed E-state index contributed by atoms with van der Waals surface area (Å²) >= 11 is 6.18. The van der Waals surface area contributed by atoms with Crippen molar-refractivity contribution < 1.29 is 27.9 Å². The van der Waals surface area contributed by atoms with Gasteiger partial charge in [0.2, 0.25) is 11.9 Å². The molecule has 0 saturated carbocycles. The van der Waals surface area contributed by atoms with Crippen molar-refractivity contribution in [3.63, 3.8) is 0 Å². The maximum atomic E-state index is 13.0. The number of anilines is 1. The van der Waals surface area contributed by atoms with Crippen molar-refractivity contribution in [2.45, 2.75) is 25.7 Å². The predicted octanol–water partition coefficient (Wildman–Crippen LogP) is 3.89. The summed E-state index contributed by atoms with van der Waals surface area (Å²) in [7, 11) is 0. The van der Waals surface area contributed by atoms with Crippen LogP contribution in [0.2, 0.25) is 5.02 Å². The zero-order valence-electron chi connectivity index (χ0n) is 19.6. The summed E-state index contributed by atoms with van der Waals surface area (Å²) in [6.07, 6.45) is -3.27. The van der Waals surface area contributed by atoms with E-state index in [0.717, 1.165) is 11.1 Å². The Bertz CT molecular complexity index is 1340. The first kappa shape index (κ1) is 26.4. The van der Waals surface area contributed by atoms with Crippen LogP contribution in [0.4, 0.5) is 19.1 Å². The maximum Gasteiger partial charge on any atom is 0.405 e. The number of carbonyl (C=O) groups excluding carboxylic acids is 2. The molecule has 0 fully saturated rings. The predicted molar refractivity (Wildman–Crippen MR) is 131 cm³/mol. The number of amides is 2. The van der Waals surface area contributed by atoms with Crippen LogP contribution in [0.5, 0.6) is 0 Å². The van der Waals surface area contributed by atoms with Gasteiger partial charge in [0.15, 0.2) is 0 Å². The smallest absolute Gasteiger partial charge is 0.394 e. The minimum Gasteiger partial charge on any atom is -0.394 e. The number of nitrogens with one attached hydrogen (secondary N) is 2. The van der Waals surface area contributed by atoms with Crippen molar-refractivity contribution in [2.24, 2.45) is 0 Å². The molecule has 0 spiro atoms. The fraction of sp³-hybridized carbons (Fsp3) is 0.280. The van der Waals surface area contributed by atoms with Crippen LogP contribution in [0, 0.1) is 6.92 Å². The first-order chi connectivity index (χ1) is 17.5. The molecule has 12 heteroatoms. The van der Waals surface area contributed by atoms with Crippen molar-refractivity contribution in [3.05, 3.63) is 75.9 Å². The number of aliphatic hydroxyl groups excluding tert-OH is 1. The lowest BCUT2D eigenvalue weighted by atomic mass is 10.0. The zero-order chi connectivity index (χ0) is 26.7. The second-order valence-corrected chi connectivity index (χ2v) is 9.02. The SMILES string of the molecule is Cc1cccc([C@@H](CO)NC(=O)CN2Cc3ccc(-c4nc(NCC(F)(F)F)ncc4Cl)cc3C2=O)c1. The lowest BCUT2D eigenvalue weighted by Crippen LogP contribution is -2.40. The van der Waals surface area contributed by atoms with Gasteiger partial charge in [0, 0.05) is 17.7 Å². The first-order valence-corrected chi connectivity index (χ1v) is 11.6. The highest BCUT2D eigenvalue weighted by molar-refractivity contribution is 6.33. The van der Waals surface area contributed by atoms with Gasteiger partial charge in [-0.2, -0.15) is 13.2 Å². The minimum absolute atomic E-state index is 0.102. The Balaban J connectivity index is 1.47. The molecular formula is C25H23ClF3N5O3. The van der Waals surface area contributed by atoms with Crippen molar-refractivity contribution in [1.82, 2.24) is 20.2 Å². The van der Waals surface area contributed by atoms with Crippen LogP contribution < -0.4 is 10.6 Å². The fourth-order valence-electron chi connectivity index (χ4n) is 4.00. The molecule has 2 amide bonds. The van der Waals surface area contributed by atoms with E-state index < -0.39 is 24.7 Å². The van der Waals surface area contributed by atoms with E-state index >= 15 is 0 Å². The molecule has 37 heavy (non-hydrogen) atoms. The number of aromatic nitrogens is 2. The second-order valence-electron chi connectivity index (χ2n) is 8.61. The van der Waals surface area contributed by atoms with Gasteiger partial charge in [-0.05, 0) is 24.1 Å². The molecule has 0 radical (unpaired) electrons. The van der Waals surface area contributed by atoms with Gasteiger partial charge in [0.1, 0.15) is 13.1 Å². The molecule has 2 heterocycles.